The van der Waals surface area contributed by atoms with Gasteiger partial charge in [0.15, 0.2) is 0 Å². The lowest BCUT2D eigenvalue weighted by Gasteiger charge is -2.36. The van der Waals surface area contributed by atoms with Gasteiger partial charge >= 0.3 is 0 Å². The van der Waals surface area contributed by atoms with E-state index in [1.807, 2.05) is 0 Å². The van der Waals surface area contributed by atoms with Crippen molar-refractivity contribution in [1.82, 2.24) is 9.62 Å². The Bertz CT molecular complexity index is 242. The standard InChI is InChI=1S/C5H10N2O3S/c1-11(9,10)7-2-5(3-7)6-4-8/h4-5H,2-3H2,1H3,(H,6,8). The van der Waals surface area contributed by atoms with Crippen LogP contribution in [0.5, 0.6) is 0 Å². The third-order valence-corrected chi connectivity index (χ3v) is 2.86. The number of hydrogen-bond donors (Lipinski definition) is 1. The average Bonchev–Trinajstić information content (AvgIpc) is 1.74. The fraction of sp³-hybridized carbons (Fsp3) is 0.800. The zero-order valence-corrected chi connectivity index (χ0v) is 6.97. The van der Waals surface area contributed by atoms with Gasteiger partial charge in [-0.3, -0.25) is 4.79 Å². The molecule has 1 amide bonds. The van der Waals surface area contributed by atoms with Gasteiger partial charge in [0, 0.05) is 13.1 Å². The van der Waals surface area contributed by atoms with E-state index < -0.39 is 10.0 Å². The molecule has 64 valence electrons. The monoisotopic (exact) mass is 178 g/mol. The van der Waals surface area contributed by atoms with Crippen LogP contribution in [0.25, 0.3) is 0 Å². The zero-order valence-electron chi connectivity index (χ0n) is 6.15. The van der Waals surface area contributed by atoms with Gasteiger partial charge in [0.2, 0.25) is 16.4 Å². The molecule has 0 saturated carbocycles. The largest absolute Gasteiger partial charge is 0.353 e. The molecule has 0 atom stereocenters. The summed E-state index contributed by atoms with van der Waals surface area (Å²) in [6.07, 6.45) is 1.74. The van der Waals surface area contributed by atoms with Gasteiger partial charge in [0.25, 0.3) is 0 Å². The van der Waals surface area contributed by atoms with Crippen molar-refractivity contribution >= 4 is 16.4 Å². The molecule has 1 rings (SSSR count). The second kappa shape index (κ2) is 2.78. The number of hydrogen-bond acceptors (Lipinski definition) is 3. The van der Waals surface area contributed by atoms with Gasteiger partial charge in [-0.25, -0.2) is 8.42 Å². The Hall–Kier alpha value is -0.620. The van der Waals surface area contributed by atoms with Crippen molar-refractivity contribution in [1.29, 1.82) is 0 Å². The Morgan fingerprint density at radius 2 is 2.09 bits per heavy atom. The zero-order chi connectivity index (χ0) is 8.48. The van der Waals surface area contributed by atoms with Gasteiger partial charge in [-0.05, 0) is 0 Å². The molecule has 0 aliphatic carbocycles. The van der Waals surface area contributed by atoms with E-state index in [0.717, 1.165) is 6.26 Å². The van der Waals surface area contributed by atoms with Crippen molar-refractivity contribution in [2.24, 2.45) is 0 Å². The molecule has 0 spiro atoms. The molecule has 1 N–H and O–H groups in total. The molecule has 1 saturated heterocycles. The van der Waals surface area contributed by atoms with Gasteiger partial charge < -0.3 is 5.32 Å². The van der Waals surface area contributed by atoms with Gasteiger partial charge in [-0.15, -0.1) is 0 Å². The lowest BCUT2D eigenvalue weighted by molar-refractivity contribution is -0.110. The summed E-state index contributed by atoms with van der Waals surface area (Å²) in [4.78, 5) is 9.89. The lowest BCUT2D eigenvalue weighted by atomic mass is 10.2. The van der Waals surface area contributed by atoms with Crippen molar-refractivity contribution in [2.75, 3.05) is 19.3 Å². The molecule has 6 heteroatoms. The molecule has 5 nitrogen and oxygen atoms in total. The van der Waals surface area contributed by atoms with E-state index >= 15 is 0 Å². The Balaban J connectivity index is 2.35. The third-order valence-electron chi connectivity index (χ3n) is 1.62. The normalized spacial score (nSPS) is 20.8. The maximum Gasteiger partial charge on any atom is 0.211 e. The molecule has 0 aromatic rings. The van der Waals surface area contributed by atoms with E-state index in [1.54, 1.807) is 0 Å². The minimum atomic E-state index is -3.04. The van der Waals surface area contributed by atoms with Gasteiger partial charge in [-0.1, -0.05) is 0 Å². The topological polar surface area (TPSA) is 66.5 Å². The first-order valence-electron chi connectivity index (χ1n) is 3.19. The summed E-state index contributed by atoms with van der Waals surface area (Å²) in [5, 5.41) is 2.50. The van der Waals surface area contributed by atoms with E-state index in [9.17, 15) is 13.2 Å². The van der Waals surface area contributed by atoms with Crippen LogP contribution in [0.3, 0.4) is 0 Å². The van der Waals surface area contributed by atoms with E-state index in [4.69, 9.17) is 0 Å². The summed E-state index contributed by atoms with van der Waals surface area (Å²) in [6.45, 7) is 0.801. The summed E-state index contributed by atoms with van der Waals surface area (Å²) < 4.78 is 22.9. The highest BCUT2D eigenvalue weighted by atomic mass is 32.2. The summed E-state index contributed by atoms with van der Waals surface area (Å²) in [5.74, 6) is 0. The van der Waals surface area contributed by atoms with E-state index in [-0.39, 0.29) is 6.04 Å². The van der Waals surface area contributed by atoms with Crippen LogP contribution in [-0.4, -0.2) is 44.5 Å². The Labute approximate surface area is 65.4 Å². The van der Waals surface area contributed by atoms with Crippen molar-refractivity contribution < 1.29 is 13.2 Å². The van der Waals surface area contributed by atoms with E-state index in [2.05, 4.69) is 5.32 Å². The van der Waals surface area contributed by atoms with Crippen LogP contribution in [0.4, 0.5) is 0 Å². The fourth-order valence-corrected chi connectivity index (χ4v) is 1.81. The van der Waals surface area contributed by atoms with Crippen LogP contribution in [-0.2, 0) is 14.8 Å². The highest BCUT2D eigenvalue weighted by molar-refractivity contribution is 7.88. The summed E-state index contributed by atoms with van der Waals surface area (Å²) >= 11 is 0. The predicted octanol–water partition coefficient (Wildman–Crippen LogP) is -1.62. The minimum absolute atomic E-state index is 0.00206. The number of sulfonamides is 1. The van der Waals surface area contributed by atoms with Crippen LogP contribution >= 0.6 is 0 Å². The Morgan fingerprint density at radius 3 is 2.45 bits per heavy atom. The molecular formula is C5H10N2O3S. The number of nitrogens with zero attached hydrogens (tertiary/aromatic N) is 1. The molecule has 11 heavy (non-hydrogen) atoms. The number of amides is 1. The second-order valence-corrected chi connectivity index (χ2v) is 4.54. The molecule has 1 aliphatic heterocycles. The maximum absolute atomic E-state index is 10.8. The highest BCUT2D eigenvalue weighted by Crippen LogP contribution is 2.10. The lowest BCUT2D eigenvalue weighted by Crippen LogP contribution is -2.59. The minimum Gasteiger partial charge on any atom is -0.353 e. The quantitative estimate of drug-likeness (QED) is 0.528. The number of nitrogens with one attached hydrogen (secondary N) is 1. The van der Waals surface area contributed by atoms with Gasteiger partial charge in [-0.2, -0.15) is 4.31 Å². The number of carbonyl (C=O) groups is 1. The van der Waals surface area contributed by atoms with Crippen LogP contribution in [0.15, 0.2) is 0 Å². The van der Waals surface area contributed by atoms with Crippen LogP contribution in [0.2, 0.25) is 0 Å². The van der Waals surface area contributed by atoms with Crippen molar-refractivity contribution in [3.05, 3.63) is 0 Å². The fourth-order valence-electron chi connectivity index (χ4n) is 0.911. The summed E-state index contributed by atoms with van der Waals surface area (Å²) in [5.41, 5.74) is 0. The van der Waals surface area contributed by atoms with Crippen molar-refractivity contribution in [3.63, 3.8) is 0 Å². The van der Waals surface area contributed by atoms with Crippen molar-refractivity contribution in [2.45, 2.75) is 6.04 Å². The summed E-state index contributed by atoms with van der Waals surface area (Å²) in [6, 6.07) is 0.00206. The average molecular weight is 178 g/mol. The molecule has 0 unspecified atom stereocenters. The molecule has 0 radical (unpaired) electrons. The third kappa shape index (κ3) is 1.90. The van der Waals surface area contributed by atoms with E-state index in [1.165, 1.54) is 4.31 Å². The molecule has 0 bridgehead atoms. The van der Waals surface area contributed by atoms with Gasteiger partial charge in [0.1, 0.15) is 0 Å². The smallest absolute Gasteiger partial charge is 0.211 e. The van der Waals surface area contributed by atoms with E-state index in [0.29, 0.717) is 19.5 Å². The van der Waals surface area contributed by atoms with Crippen molar-refractivity contribution in [3.8, 4) is 0 Å². The number of rotatable bonds is 3. The maximum atomic E-state index is 10.8. The molecular weight excluding hydrogens is 168 g/mol. The molecule has 0 aromatic heterocycles. The first-order chi connectivity index (χ1) is 5.04. The Kier molecular flexibility index (Phi) is 2.15. The molecule has 1 fully saturated rings. The number of carbonyl (C=O) groups excluding carboxylic acids is 1. The second-order valence-electron chi connectivity index (χ2n) is 2.56. The molecule has 1 aliphatic rings. The first-order valence-corrected chi connectivity index (χ1v) is 5.03. The predicted molar refractivity (Wildman–Crippen MR) is 39.4 cm³/mol. The Morgan fingerprint density at radius 1 is 1.55 bits per heavy atom. The molecule has 0 aromatic carbocycles. The first kappa shape index (κ1) is 8.48. The molecule has 1 heterocycles. The van der Waals surface area contributed by atoms with Crippen LogP contribution in [0, 0.1) is 0 Å². The van der Waals surface area contributed by atoms with Crippen LogP contribution in [0.1, 0.15) is 0 Å². The van der Waals surface area contributed by atoms with Gasteiger partial charge in [0.05, 0.1) is 12.3 Å². The SMILES string of the molecule is CS(=O)(=O)N1CC(NC=O)C1. The highest BCUT2D eigenvalue weighted by Gasteiger charge is 2.32. The summed E-state index contributed by atoms with van der Waals surface area (Å²) in [7, 11) is -3.04. The van der Waals surface area contributed by atoms with Crippen LogP contribution < -0.4 is 5.32 Å².